The molecule has 0 bridgehead atoms. The Bertz CT molecular complexity index is 260. The van der Waals surface area contributed by atoms with Crippen molar-refractivity contribution in [2.24, 2.45) is 0 Å². The summed E-state index contributed by atoms with van der Waals surface area (Å²) in [6, 6.07) is 7.55. The first-order valence-corrected chi connectivity index (χ1v) is 6.77. The number of hydrogen-bond donors (Lipinski definition) is 1. The van der Waals surface area contributed by atoms with Crippen molar-refractivity contribution in [3.63, 3.8) is 0 Å². The second-order valence-electron chi connectivity index (χ2n) is 3.19. The maximum Gasteiger partial charge on any atom is 0.141 e. The third-order valence-corrected chi connectivity index (χ3v) is 3.92. The topological polar surface area (TPSA) is 35.2 Å². The number of ether oxygens (including phenoxy) is 1. The fourth-order valence-corrected chi connectivity index (χ4v) is 1.67. The lowest BCUT2D eigenvalue weighted by atomic mass is 10.3. The molecule has 0 saturated carbocycles. The van der Waals surface area contributed by atoms with Gasteiger partial charge >= 0.3 is 0 Å². The van der Waals surface area contributed by atoms with Gasteiger partial charge in [0.1, 0.15) is 23.9 Å². The zero-order valence-corrected chi connectivity index (χ0v) is 9.64. The maximum absolute atomic E-state index is 5.58. The van der Waals surface area contributed by atoms with Crippen molar-refractivity contribution in [1.82, 2.24) is 0 Å². The molecule has 78 valence electrons. The molecular formula is C11H18NOS+. The van der Waals surface area contributed by atoms with Gasteiger partial charge in [-0.3, -0.25) is 0 Å². The van der Waals surface area contributed by atoms with E-state index in [0.717, 1.165) is 23.8 Å². The van der Waals surface area contributed by atoms with Crippen LogP contribution in [0.5, 0.6) is 5.75 Å². The highest BCUT2D eigenvalue weighted by atomic mass is 32.2. The zero-order chi connectivity index (χ0) is 10.4. The first-order valence-electron chi connectivity index (χ1n) is 4.80. The number of anilines is 1. The summed E-state index contributed by atoms with van der Waals surface area (Å²) in [7, 11) is 0.495. The lowest BCUT2D eigenvalue weighted by Crippen LogP contribution is -2.14. The van der Waals surface area contributed by atoms with Crippen molar-refractivity contribution in [1.29, 1.82) is 0 Å². The Morgan fingerprint density at radius 3 is 2.50 bits per heavy atom. The summed E-state index contributed by atoms with van der Waals surface area (Å²) in [6.45, 7) is 3.02. The van der Waals surface area contributed by atoms with Gasteiger partial charge in [0, 0.05) is 5.69 Å². The Morgan fingerprint density at radius 1 is 1.29 bits per heavy atom. The number of rotatable bonds is 5. The molecule has 0 heterocycles. The summed E-state index contributed by atoms with van der Waals surface area (Å²) in [5.74, 6) is 3.29. The minimum Gasteiger partial charge on any atom is -0.489 e. The van der Waals surface area contributed by atoms with E-state index in [-0.39, 0.29) is 0 Å². The van der Waals surface area contributed by atoms with E-state index < -0.39 is 0 Å². The van der Waals surface area contributed by atoms with Crippen LogP contribution in [0.3, 0.4) is 0 Å². The quantitative estimate of drug-likeness (QED) is 0.598. The maximum atomic E-state index is 5.58. The number of hydrogen-bond acceptors (Lipinski definition) is 2. The molecule has 1 aromatic rings. The molecule has 0 amide bonds. The van der Waals surface area contributed by atoms with Crippen LogP contribution in [-0.2, 0) is 10.9 Å². The van der Waals surface area contributed by atoms with E-state index in [9.17, 15) is 0 Å². The van der Waals surface area contributed by atoms with Gasteiger partial charge in [-0.25, -0.2) is 0 Å². The molecule has 0 radical (unpaired) electrons. The smallest absolute Gasteiger partial charge is 0.141 e. The summed E-state index contributed by atoms with van der Waals surface area (Å²) in [4.78, 5) is 0. The van der Waals surface area contributed by atoms with E-state index >= 15 is 0 Å². The standard InChI is InChI=1S/C11H18NOS/c1-3-14(2)9-8-13-11-6-4-10(12)5-7-11/h4-7H,3,8-9,12H2,1-2H3/q+1. The van der Waals surface area contributed by atoms with Gasteiger partial charge in [-0.05, 0) is 42.1 Å². The molecule has 2 nitrogen and oxygen atoms in total. The third-order valence-electron chi connectivity index (χ3n) is 2.07. The van der Waals surface area contributed by atoms with E-state index in [2.05, 4.69) is 13.2 Å². The Labute approximate surface area is 88.8 Å². The van der Waals surface area contributed by atoms with E-state index in [0.29, 0.717) is 10.9 Å². The van der Waals surface area contributed by atoms with Crippen molar-refractivity contribution in [2.45, 2.75) is 6.92 Å². The molecule has 0 aliphatic heterocycles. The Kier molecular flexibility index (Phi) is 4.66. The molecule has 3 heteroatoms. The van der Waals surface area contributed by atoms with Crippen LogP contribution in [0.25, 0.3) is 0 Å². The Balaban J connectivity index is 2.28. The van der Waals surface area contributed by atoms with Gasteiger partial charge in [0.05, 0.1) is 6.26 Å². The van der Waals surface area contributed by atoms with Gasteiger partial charge in [-0.15, -0.1) is 0 Å². The molecule has 1 rings (SSSR count). The highest BCUT2D eigenvalue weighted by Crippen LogP contribution is 2.12. The molecule has 0 aliphatic carbocycles. The summed E-state index contributed by atoms with van der Waals surface area (Å²) < 4.78 is 5.58. The fourth-order valence-electron chi connectivity index (χ4n) is 1.01. The van der Waals surface area contributed by atoms with E-state index in [1.54, 1.807) is 0 Å². The summed E-state index contributed by atoms with van der Waals surface area (Å²) in [6.07, 6.45) is 2.27. The fraction of sp³-hybridized carbons (Fsp3) is 0.455. The molecule has 0 saturated heterocycles. The van der Waals surface area contributed by atoms with Crippen molar-refractivity contribution in [3.8, 4) is 5.75 Å². The van der Waals surface area contributed by atoms with Crippen LogP contribution >= 0.6 is 0 Å². The normalized spacial score (nSPS) is 12.4. The monoisotopic (exact) mass is 212 g/mol. The summed E-state index contributed by atoms with van der Waals surface area (Å²) in [5, 5.41) is 0. The second kappa shape index (κ2) is 5.81. The first-order chi connectivity index (χ1) is 6.72. The third kappa shape index (κ3) is 3.92. The highest BCUT2D eigenvalue weighted by Gasteiger charge is 2.06. The molecule has 0 spiro atoms. The van der Waals surface area contributed by atoms with Gasteiger partial charge in [-0.1, -0.05) is 0 Å². The number of nitrogen functional groups attached to an aromatic ring is 1. The van der Waals surface area contributed by atoms with Crippen molar-refractivity contribution in [3.05, 3.63) is 24.3 Å². The van der Waals surface area contributed by atoms with Gasteiger partial charge in [0.2, 0.25) is 0 Å². The highest BCUT2D eigenvalue weighted by molar-refractivity contribution is 7.96. The van der Waals surface area contributed by atoms with Crippen LogP contribution in [0, 0.1) is 0 Å². The molecule has 14 heavy (non-hydrogen) atoms. The zero-order valence-electron chi connectivity index (χ0n) is 8.82. The molecule has 2 N–H and O–H groups in total. The van der Waals surface area contributed by atoms with Crippen molar-refractivity contribution < 1.29 is 4.74 Å². The summed E-state index contributed by atoms with van der Waals surface area (Å²) >= 11 is 0. The molecular weight excluding hydrogens is 194 g/mol. The SMILES string of the molecule is CC[S+](C)CCOc1ccc(N)cc1. The molecule has 1 aromatic carbocycles. The van der Waals surface area contributed by atoms with Crippen LogP contribution < -0.4 is 10.5 Å². The number of benzene rings is 1. The first kappa shape index (κ1) is 11.2. The minimum atomic E-state index is 0.495. The number of nitrogens with two attached hydrogens (primary N) is 1. The molecule has 1 unspecified atom stereocenters. The molecule has 0 aromatic heterocycles. The molecule has 1 atom stereocenters. The van der Waals surface area contributed by atoms with Crippen LogP contribution in [-0.4, -0.2) is 24.4 Å². The lowest BCUT2D eigenvalue weighted by Gasteiger charge is -2.05. The van der Waals surface area contributed by atoms with Crippen LogP contribution in [0.15, 0.2) is 24.3 Å². The average molecular weight is 212 g/mol. The molecule has 0 aliphatic rings. The van der Waals surface area contributed by atoms with Gasteiger partial charge in [0.25, 0.3) is 0 Å². The van der Waals surface area contributed by atoms with Crippen LogP contribution in [0.4, 0.5) is 5.69 Å². The van der Waals surface area contributed by atoms with Gasteiger partial charge in [-0.2, -0.15) is 0 Å². The lowest BCUT2D eigenvalue weighted by molar-refractivity contribution is 0.343. The predicted octanol–water partition coefficient (Wildman–Crippen LogP) is 1.92. The minimum absolute atomic E-state index is 0.495. The van der Waals surface area contributed by atoms with Crippen molar-refractivity contribution in [2.75, 3.05) is 30.1 Å². The largest absolute Gasteiger partial charge is 0.489 e. The Morgan fingerprint density at radius 2 is 1.93 bits per heavy atom. The molecule has 0 fully saturated rings. The van der Waals surface area contributed by atoms with Gasteiger partial charge < -0.3 is 10.5 Å². The average Bonchev–Trinajstić information content (AvgIpc) is 2.21. The summed E-state index contributed by atoms with van der Waals surface area (Å²) in [5.41, 5.74) is 6.35. The Hall–Kier alpha value is -0.830. The second-order valence-corrected chi connectivity index (χ2v) is 5.74. The van der Waals surface area contributed by atoms with Crippen LogP contribution in [0.1, 0.15) is 6.92 Å². The van der Waals surface area contributed by atoms with E-state index in [1.165, 1.54) is 5.75 Å². The van der Waals surface area contributed by atoms with E-state index in [1.807, 2.05) is 24.3 Å². The van der Waals surface area contributed by atoms with Gasteiger partial charge in [0.15, 0.2) is 0 Å². The van der Waals surface area contributed by atoms with E-state index in [4.69, 9.17) is 10.5 Å². The van der Waals surface area contributed by atoms with Crippen molar-refractivity contribution >= 4 is 16.6 Å². The predicted molar refractivity (Wildman–Crippen MR) is 65.0 cm³/mol. The van der Waals surface area contributed by atoms with Crippen LogP contribution in [0.2, 0.25) is 0 Å².